The number of hydrogen-bond donors (Lipinski definition) is 2. The number of likely N-dealkylation sites (tertiary alicyclic amines) is 1. The molecule has 0 bridgehead atoms. The van der Waals surface area contributed by atoms with E-state index in [1.807, 2.05) is 0 Å². The van der Waals surface area contributed by atoms with Crippen LogP contribution in [0.15, 0.2) is 18.3 Å². The summed E-state index contributed by atoms with van der Waals surface area (Å²) in [4.78, 5) is 4.04. The van der Waals surface area contributed by atoms with Gasteiger partial charge in [0.05, 0.1) is 32.3 Å². The third kappa shape index (κ3) is 4.49. The molecule has 3 rings (SSSR count). The number of thiocarbonyl (C=S) groups is 1. The maximum Gasteiger partial charge on any atom is 0.169 e. The lowest BCUT2D eigenvalue weighted by molar-refractivity contribution is -0.906. The van der Waals surface area contributed by atoms with Crippen LogP contribution in [0.4, 0.5) is 0 Å². The largest absolute Gasteiger partial charge is 0.370 e. The molecule has 24 heavy (non-hydrogen) atoms. The molecule has 0 aliphatic carbocycles. The number of nitrogens with zero attached hydrogens (tertiary/aromatic N) is 2. The van der Waals surface area contributed by atoms with Crippen LogP contribution >= 0.6 is 12.2 Å². The Labute approximate surface area is 150 Å². The van der Waals surface area contributed by atoms with Gasteiger partial charge in [-0.2, -0.15) is 0 Å². The van der Waals surface area contributed by atoms with Crippen molar-refractivity contribution in [2.75, 3.05) is 45.9 Å². The third-order valence-corrected chi connectivity index (χ3v) is 5.67. The summed E-state index contributed by atoms with van der Waals surface area (Å²) in [5.41, 5.74) is 1.37. The molecular weight excluding hydrogens is 320 g/mol. The molecule has 1 atom stereocenters. The van der Waals surface area contributed by atoms with Crippen molar-refractivity contribution < 1.29 is 9.64 Å². The molecule has 0 spiro atoms. The first kappa shape index (κ1) is 17.7. The molecular formula is C18H31N4OS+. The van der Waals surface area contributed by atoms with Crippen LogP contribution in [0.2, 0.25) is 0 Å². The highest BCUT2D eigenvalue weighted by Gasteiger charge is 2.26. The second kappa shape index (κ2) is 8.83. The van der Waals surface area contributed by atoms with E-state index in [2.05, 4.69) is 40.2 Å². The first-order valence-corrected chi connectivity index (χ1v) is 9.73. The average Bonchev–Trinajstić information content (AvgIpc) is 2.88. The Bertz CT molecular complexity index is 527. The van der Waals surface area contributed by atoms with Crippen molar-refractivity contribution in [1.29, 1.82) is 0 Å². The van der Waals surface area contributed by atoms with Crippen LogP contribution in [-0.4, -0.2) is 60.5 Å². The highest BCUT2D eigenvalue weighted by Crippen LogP contribution is 2.30. The monoisotopic (exact) mass is 351 g/mol. The molecule has 2 N–H and O–H groups in total. The van der Waals surface area contributed by atoms with Gasteiger partial charge >= 0.3 is 0 Å². The average molecular weight is 352 g/mol. The van der Waals surface area contributed by atoms with Crippen molar-refractivity contribution in [2.45, 2.75) is 31.7 Å². The van der Waals surface area contributed by atoms with Gasteiger partial charge in [0.2, 0.25) is 0 Å². The predicted molar refractivity (Wildman–Crippen MR) is 100 cm³/mol. The Hall–Kier alpha value is -1.11. The van der Waals surface area contributed by atoms with E-state index < -0.39 is 0 Å². The second-order valence-electron chi connectivity index (χ2n) is 6.95. The zero-order chi connectivity index (χ0) is 16.8. The lowest BCUT2D eigenvalue weighted by Crippen LogP contribution is -3.14. The second-order valence-corrected chi connectivity index (χ2v) is 7.33. The van der Waals surface area contributed by atoms with E-state index in [9.17, 15) is 0 Å². The van der Waals surface area contributed by atoms with Crippen molar-refractivity contribution in [3.63, 3.8) is 0 Å². The quantitative estimate of drug-likeness (QED) is 0.784. The van der Waals surface area contributed by atoms with E-state index in [-0.39, 0.29) is 0 Å². The number of aryl methyl sites for hydroxylation is 1. The summed E-state index contributed by atoms with van der Waals surface area (Å²) in [5.74, 6) is 0. The highest BCUT2D eigenvalue weighted by molar-refractivity contribution is 7.80. The molecule has 1 aromatic heterocycles. The van der Waals surface area contributed by atoms with Crippen LogP contribution in [0.1, 0.15) is 37.4 Å². The van der Waals surface area contributed by atoms with Gasteiger partial charge in [-0.3, -0.25) is 0 Å². The molecule has 0 saturated carbocycles. The normalized spacial score (nSPS) is 23.0. The van der Waals surface area contributed by atoms with Gasteiger partial charge in [0, 0.05) is 25.5 Å². The summed E-state index contributed by atoms with van der Waals surface area (Å²) in [7, 11) is 2.14. The smallest absolute Gasteiger partial charge is 0.169 e. The Morgan fingerprint density at radius 1 is 1.33 bits per heavy atom. The zero-order valence-corrected chi connectivity index (χ0v) is 15.6. The molecule has 2 fully saturated rings. The lowest BCUT2D eigenvalue weighted by atomic mass is 10.1. The van der Waals surface area contributed by atoms with Gasteiger partial charge in [-0.1, -0.05) is 12.8 Å². The van der Waals surface area contributed by atoms with Crippen LogP contribution in [0.25, 0.3) is 0 Å². The molecule has 3 heterocycles. The van der Waals surface area contributed by atoms with E-state index in [1.54, 1.807) is 4.90 Å². The Balaban J connectivity index is 1.56. The van der Waals surface area contributed by atoms with Crippen LogP contribution in [0.5, 0.6) is 0 Å². The summed E-state index contributed by atoms with van der Waals surface area (Å²) >= 11 is 5.77. The van der Waals surface area contributed by atoms with Gasteiger partial charge in [0.1, 0.15) is 13.1 Å². The fraction of sp³-hybridized carbons (Fsp3) is 0.722. The van der Waals surface area contributed by atoms with Crippen molar-refractivity contribution >= 4 is 17.3 Å². The van der Waals surface area contributed by atoms with Gasteiger partial charge in [-0.05, 0) is 37.2 Å². The molecule has 0 amide bonds. The Morgan fingerprint density at radius 2 is 2.17 bits per heavy atom. The number of morpholine rings is 1. The molecule has 0 unspecified atom stereocenters. The van der Waals surface area contributed by atoms with Crippen LogP contribution in [0.3, 0.4) is 0 Å². The number of hydrogen-bond acceptors (Lipinski definition) is 2. The number of quaternary nitrogens is 1. The SMILES string of the molecule is Cn1cccc1[C@H]1CCCCCN1C(=S)NCC[NH+]1CCOCC1. The Morgan fingerprint density at radius 3 is 2.92 bits per heavy atom. The minimum absolute atomic E-state index is 0.406. The molecule has 6 heteroatoms. The summed E-state index contributed by atoms with van der Waals surface area (Å²) in [6.45, 7) is 7.14. The molecule has 1 aromatic rings. The summed E-state index contributed by atoms with van der Waals surface area (Å²) in [6, 6.07) is 4.78. The molecule has 2 aliphatic heterocycles. The van der Waals surface area contributed by atoms with Gasteiger partial charge < -0.3 is 24.4 Å². The maximum absolute atomic E-state index is 5.77. The van der Waals surface area contributed by atoms with Gasteiger partial charge in [-0.15, -0.1) is 0 Å². The van der Waals surface area contributed by atoms with Crippen LogP contribution in [0, 0.1) is 0 Å². The van der Waals surface area contributed by atoms with Crippen LogP contribution in [-0.2, 0) is 11.8 Å². The highest BCUT2D eigenvalue weighted by atomic mass is 32.1. The summed E-state index contributed by atoms with van der Waals surface area (Å²) in [6.07, 6.45) is 7.15. The van der Waals surface area contributed by atoms with Gasteiger partial charge in [-0.25, -0.2) is 0 Å². The van der Waals surface area contributed by atoms with Crippen LogP contribution < -0.4 is 10.2 Å². The van der Waals surface area contributed by atoms with Crippen molar-refractivity contribution in [1.82, 2.24) is 14.8 Å². The van der Waals surface area contributed by atoms with Crippen molar-refractivity contribution in [3.8, 4) is 0 Å². The maximum atomic E-state index is 5.77. The van der Waals surface area contributed by atoms with E-state index in [4.69, 9.17) is 17.0 Å². The van der Waals surface area contributed by atoms with Gasteiger partial charge in [0.15, 0.2) is 5.11 Å². The number of aromatic nitrogens is 1. The van der Waals surface area contributed by atoms with E-state index >= 15 is 0 Å². The third-order valence-electron chi connectivity index (χ3n) is 5.29. The van der Waals surface area contributed by atoms with E-state index in [1.165, 1.54) is 31.4 Å². The molecule has 2 aliphatic rings. The molecule has 2 saturated heterocycles. The lowest BCUT2D eigenvalue weighted by Gasteiger charge is -2.33. The Kier molecular flexibility index (Phi) is 6.51. The van der Waals surface area contributed by atoms with Crippen molar-refractivity contribution in [2.24, 2.45) is 7.05 Å². The molecule has 5 nitrogen and oxygen atoms in total. The first-order chi connectivity index (χ1) is 11.8. The molecule has 0 radical (unpaired) electrons. The molecule has 0 aromatic carbocycles. The zero-order valence-electron chi connectivity index (χ0n) is 14.8. The minimum Gasteiger partial charge on any atom is -0.370 e. The first-order valence-electron chi connectivity index (χ1n) is 9.33. The minimum atomic E-state index is 0.406. The number of rotatable bonds is 4. The topological polar surface area (TPSA) is 33.9 Å². The van der Waals surface area contributed by atoms with Gasteiger partial charge in [0.25, 0.3) is 0 Å². The molecule has 134 valence electrons. The number of ether oxygens (including phenoxy) is 1. The summed E-state index contributed by atoms with van der Waals surface area (Å²) in [5, 5.41) is 4.45. The van der Waals surface area contributed by atoms with E-state index in [0.29, 0.717) is 6.04 Å². The fourth-order valence-electron chi connectivity index (χ4n) is 3.84. The standard InChI is InChI=1S/C18H30N4OS/c1-20-9-5-7-16(20)17-6-3-2-4-10-22(17)18(24)19-8-11-21-12-14-23-15-13-21/h5,7,9,17H,2-4,6,8,10-15H2,1H3,(H,19,24)/p+1/t17-/m1/s1. The summed E-state index contributed by atoms with van der Waals surface area (Å²) < 4.78 is 7.66. The number of nitrogens with one attached hydrogen (secondary N) is 2. The fourth-order valence-corrected chi connectivity index (χ4v) is 4.16. The van der Waals surface area contributed by atoms with E-state index in [0.717, 1.165) is 51.0 Å². The predicted octanol–water partition coefficient (Wildman–Crippen LogP) is 0.732. The van der Waals surface area contributed by atoms with Crippen molar-refractivity contribution in [3.05, 3.63) is 24.0 Å².